The van der Waals surface area contributed by atoms with Gasteiger partial charge < -0.3 is 64.9 Å². The molecule has 3 aromatic rings. The number of aliphatic hydroxyl groups excluding tert-OH is 5. The maximum absolute atomic E-state index is 12.9. The highest BCUT2D eigenvalue weighted by molar-refractivity contribution is 5.81. The number of aliphatic hydroxyl groups is 5. The predicted molar refractivity (Wildman–Crippen MR) is 146 cm³/mol. The molecule has 234 valence electrons. The Bertz CT molecular complexity index is 1590. The zero-order chi connectivity index (χ0) is 31.4. The summed E-state index contributed by atoms with van der Waals surface area (Å²) in [7, 11) is 0. The lowest BCUT2D eigenvalue weighted by molar-refractivity contribution is -0.277. The molecule has 1 fully saturated rings. The van der Waals surface area contributed by atoms with Crippen molar-refractivity contribution < 1.29 is 69.7 Å². The van der Waals surface area contributed by atoms with Gasteiger partial charge in [-0.2, -0.15) is 0 Å². The molecule has 0 aromatic heterocycles. The predicted octanol–water partition coefficient (Wildman–Crippen LogP) is 0.166. The van der Waals surface area contributed by atoms with E-state index in [-0.39, 0.29) is 47.0 Å². The van der Waals surface area contributed by atoms with E-state index < -0.39 is 78.7 Å². The van der Waals surface area contributed by atoms with E-state index in [1.807, 2.05) is 0 Å². The van der Waals surface area contributed by atoms with Gasteiger partial charge in [0.05, 0.1) is 19.1 Å². The summed E-state index contributed by atoms with van der Waals surface area (Å²) in [6.45, 7) is -0.706. The number of phenolic OH excluding ortho intramolecular Hbond substituents is 4. The summed E-state index contributed by atoms with van der Waals surface area (Å²) in [6.07, 6.45) is -10.7. The standard InChI is InChI=1S/C30H30O14/c31-10-22-25(38)26(39)27(40)30(43-22)42-21-9-20-14(7-19(36)28(41-20)12-2-4-16(33)18(35)6-12)29-24(21)13(8-23(37)44-29)11-1-3-15(32)17(34)5-11/h1-6,9,13,19,22,25-28,30-36,38-40H,7-8,10H2/t13-,19-,22-,25-,26+,27-,28-,30+/m1/s1. The minimum Gasteiger partial charge on any atom is -0.504 e. The number of esters is 1. The first-order valence-electron chi connectivity index (χ1n) is 13.7. The lowest BCUT2D eigenvalue weighted by Crippen LogP contribution is -2.60. The summed E-state index contributed by atoms with van der Waals surface area (Å²) >= 11 is 0. The van der Waals surface area contributed by atoms with Crippen LogP contribution in [0.4, 0.5) is 0 Å². The molecular formula is C30H30O14. The topological polar surface area (TPSA) is 236 Å². The average Bonchev–Trinajstić information content (AvgIpc) is 2.99. The highest BCUT2D eigenvalue weighted by atomic mass is 16.7. The number of hydrogen-bond donors (Lipinski definition) is 9. The van der Waals surface area contributed by atoms with Gasteiger partial charge in [0.25, 0.3) is 0 Å². The largest absolute Gasteiger partial charge is 0.504 e. The molecule has 3 heterocycles. The van der Waals surface area contributed by atoms with Gasteiger partial charge in [0, 0.05) is 29.5 Å². The van der Waals surface area contributed by atoms with Crippen LogP contribution in [0.2, 0.25) is 0 Å². The van der Waals surface area contributed by atoms with Crippen molar-refractivity contribution in [3.8, 4) is 40.2 Å². The van der Waals surface area contributed by atoms with Crippen LogP contribution in [0.5, 0.6) is 40.2 Å². The molecule has 3 aliphatic heterocycles. The highest BCUT2D eigenvalue weighted by Gasteiger charge is 2.46. The fraction of sp³-hybridized carbons (Fsp3) is 0.367. The van der Waals surface area contributed by atoms with Gasteiger partial charge in [-0.25, -0.2) is 0 Å². The van der Waals surface area contributed by atoms with Crippen molar-refractivity contribution in [3.63, 3.8) is 0 Å². The van der Waals surface area contributed by atoms with Crippen molar-refractivity contribution >= 4 is 5.97 Å². The Labute approximate surface area is 249 Å². The average molecular weight is 615 g/mol. The van der Waals surface area contributed by atoms with E-state index in [1.54, 1.807) is 0 Å². The summed E-state index contributed by atoms with van der Waals surface area (Å²) in [4.78, 5) is 12.9. The second kappa shape index (κ2) is 11.3. The van der Waals surface area contributed by atoms with Gasteiger partial charge in [-0.15, -0.1) is 0 Å². The van der Waals surface area contributed by atoms with Gasteiger partial charge in [0.2, 0.25) is 6.29 Å². The van der Waals surface area contributed by atoms with Crippen LogP contribution in [-0.4, -0.2) is 95.3 Å². The molecule has 0 saturated carbocycles. The van der Waals surface area contributed by atoms with E-state index >= 15 is 0 Å². The molecule has 8 atom stereocenters. The number of carbonyl (C=O) groups is 1. The summed E-state index contributed by atoms with van der Waals surface area (Å²) in [6, 6.07) is 9.30. The smallest absolute Gasteiger partial charge is 0.312 e. The lowest BCUT2D eigenvalue weighted by Gasteiger charge is -2.41. The van der Waals surface area contributed by atoms with Crippen molar-refractivity contribution in [3.05, 3.63) is 64.7 Å². The van der Waals surface area contributed by atoms with Crippen LogP contribution < -0.4 is 14.2 Å². The Morgan fingerprint density at radius 3 is 2.11 bits per heavy atom. The maximum Gasteiger partial charge on any atom is 0.312 e. The molecule has 14 heteroatoms. The molecular weight excluding hydrogens is 584 g/mol. The lowest BCUT2D eigenvalue weighted by atomic mass is 9.82. The quantitative estimate of drug-likeness (QED) is 0.106. The van der Waals surface area contributed by atoms with Crippen LogP contribution in [-0.2, 0) is 16.0 Å². The van der Waals surface area contributed by atoms with Crippen molar-refractivity contribution in [1.82, 2.24) is 0 Å². The van der Waals surface area contributed by atoms with E-state index in [1.165, 1.54) is 42.5 Å². The van der Waals surface area contributed by atoms with E-state index in [2.05, 4.69) is 0 Å². The fourth-order valence-electron chi connectivity index (χ4n) is 5.81. The van der Waals surface area contributed by atoms with Crippen LogP contribution >= 0.6 is 0 Å². The molecule has 1 saturated heterocycles. The van der Waals surface area contributed by atoms with Crippen molar-refractivity contribution in [2.75, 3.05) is 6.61 Å². The first-order valence-corrected chi connectivity index (χ1v) is 13.7. The zero-order valence-corrected chi connectivity index (χ0v) is 22.8. The Kier molecular flexibility index (Phi) is 7.65. The van der Waals surface area contributed by atoms with E-state index in [9.17, 15) is 50.8 Å². The molecule has 9 N–H and O–H groups in total. The number of hydrogen-bond acceptors (Lipinski definition) is 14. The van der Waals surface area contributed by atoms with Crippen molar-refractivity contribution in [2.24, 2.45) is 0 Å². The number of aromatic hydroxyl groups is 4. The monoisotopic (exact) mass is 614 g/mol. The van der Waals surface area contributed by atoms with Gasteiger partial charge in [-0.1, -0.05) is 12.1 Å². The van der Waals surface area contributed by atoms with E-state index in [0.29, 0.717) is 11.1 Å². The minimum atomic E-state index is -1.78. The number of phenols is 4. The third kappa shape index (κ3) is 5.11. The van der Waals surface area contributed by atoms with Gasteiger partial charge in [-0.05, 0) is 35.4 Å². The first-order chi connectivity index (χ1) is 21.0. The van der Waals surface area contributed by atoms with E-state index in [0.717, 1.165) is 0 Å². The summed E-state index contributed by atoms with van der Waals surface area (Å²) in [5, 5.41) is 91.8. The minimum absolute atomic E-state index is 0.0260. The molecule has 0 amide bonds. The van der Waals surface area contributed by atoms with Crippen LogP contribution in [0.1, 0.15) is 40.7 Å². The number of benzene rings is 3. The summed E-state index contributed by atoms with van der Waals surface area (Å²) in [5.74, 6) is -3.15. The molecule has 0 radical (unpaired) electrons. The summed E-state index contributed by atoms with van der Waals surface area (Å²) in [5.41, 5.74) is 1.23. The molecule has 44 heavy (non-hydrogen) atoms. The Hall–Kier alpha value is -4.31. The fourth-order valence-corrected chi connectivity index (χ4v) is 5.81. The van der Waals surface area contributed by atoms with Crippen molar-refractivity contribution in [1.29, 1.82) is 0 Å². The second-order valence-electron chi connectivity index (χ2n) is 10.9. The molecule has 3 aromatic carbocycles. The molecule has 14 nitrogen and oxygen atoms in total. The summed E-state index contributed by atoms with van der Waals surface area (Å²) < 4.78 is 23.4. The molecule has 0 aliphatic carbocycles. The SMILES string of the molecule is O=C1C[C@H](c2ccc(O)c(O)c2)c2c(O[C@H]3O[C@H](CO)[C@@H](O)[C@H](O)[C@H]3O)cc3c(c2O1)C[C@@H](O)[C@@H](c1ccc(O)c(O)c1)O3. The van der Waals surface area contributed by atoms with Gasteiger partial charge >= 0.3 is 5.97 Å². The molecule has 0 spiro atoms. The number of ether oxygens (including phenoxy) is 4. The maximum atomic E-state index is 12.9. The second-order valence-corrected chi connectivity index (χ2v) is 10.9. The Morgan fingerprint density at radius 2 is 1.45 bits per heavy atom. The third-order valence-corrected chi connectivity index (χ3v) is 8.12. The van der Waals surface area contributed by atoms with Crippen LogP contribution in [0, 0.1) is 0 Å². The molecule has 0 bridgehead atoms. The number of fused-ring (bicyclic) bond motifs is 3. The van der Waals surface area contributed by atoms with E-state index in [4.69, 9.17) is 18.9 Å². The highest BCUT2D eigenvalue weighted by Crippen LogP contribution is 2.53. The van der Waals surface area contributed by atoms with Crippen LogP contribution in [0.3, 0.4) is 0 Å². The van der Waals surface area contributed by atoms with Crippen LogP contribution in [0.15, 0.2) is 42.5 Å². The third-order valence-electron chi connectivity index (χ3n) is 8.12. The molecule has 6 rings (SSSR count). The zero-order valence-electron chi connectivity index (χ0n) is 22.8. The Morgan fingerprint density at radius 1 is 0.795 bits per heavy atom. The Balaban J connectivity index is 1.49. The van der Waals surface area contributed by atoms with Crippen LogP contribution in [0.25, 0.3) is 0 Å². The first kappa shape index (κ1) is 29.7. The van der Waals surface area contributed by atoms with Gasteiger partial charge in [0.1, 0.15) is 47.8 Å². The molecule has 0 unspecified atom stereocenters. The number of rotatable bonds is 5. The van der Waals surface area contributed by atoms with Gasteiger partial charge in [0.15, 0.2) is 23.0 Å². The molecule has 3 aliphatic rings. The normalized spacial score (nSPS) is 29.6. The number of carbonyl (C=O) groups excluding carboxylic acids is 1. The van der Waals surface area contributed by atoms with Crippen molar-refractivity contribution in [2.45, 2.75) is 61.7 Å². The van der Waals surface area contributed by atoms with Gasteiger partial charge in [-0.3, -0.25) is 4.79 Å².